The highest BCUT2D eigenvalue weighted by molar-refractivity contribution is 5.88. The molecule has 0 saturated carbocycles. The van der Waals surface area contributed by atoms with E-state index in [-0.39, 0.29) is 0 Å². The van der Waals surface area contributed by atoms with Crippen molar-refractivity contribution in [2.75, 3.05) is 31.1 Å². The van der Waals surface area contributed by atoms with Gasteiger partial charge in [0.05, 0.1) is 17.5 Å². The zero-order valence-electron chi connectivity index (χ0n) is 12.6. The molecule has 22 heavy (non-hydrogen) atoms. The van der Waals surface area contributed by atoms with Gasteiger partial charge in [-0.25, -0.2) is 4.98 Å². The van der Waals surface area contributed by atoms with Gasteiger partial charge in [0.1, 0.15) is 17.5 Å². The summed E-state index contributed by atoms with van der Waals surface area (Å²) in [5.41, 5.74) is 5.55. The van der Waals surface area contributed by atoms with Gasteiger partial charge < -0.3 is 14.4 Å². The number of para-hydroxylation sites is 1. The number of aromatic nitrogens is 3. The standard InChI is InChI=1S/C16H19N5O/c1-12-10-22-19-14(12)9-20-5-7-21(8-6-20)15-4-2-3-13-16(15)18-11-17-13/h2-4,10-11H,5-9H2,1H3,(H,17,18). The fourth-order valence-corrected chi connectivity index (χ4v) is 3.03. The normalized spacial score (nSPS) is 16.5. The van der Waals surface area contributed by atoms with Crippen LogP contribution in [0.3, 0.4) is 0 Å². The first kappa shape index (κ1) is 13.3. The van der Waals surface area contributed by atoms with Gasteiger partial charge in [-0.3, -0.25) is 4.90 Å². The second kappa shape index (κ2) is 5.46. The molecule has 3 heterocycles. The number of nitrogens with one attached hydrogen (secondary N) is 1. The van der Waals surface area contributed by atoms with Crippen LogP contribution in [-0.4, -0.2) is 46.2 Å². The second-order valence-electron chi connectivity index (χ2n) is 5.78. The number of anilines is 1. The summed E-state index contributed by atoms with van der Waals surface area (Å²) in [6, 6.07) is 6.30. The highest BCUT2D eigenvalue weighted by atomic mass is 16.5. The molecule has 6 nitrogen and oxygen atoms in total. The quantitative estimate of drug-likeness (QED) is 0.803. The molecule has 1 aliphatic heterocycles. The summed E-state index contributed by atoms with van der Waals surface area (Å²) < 4.78 is 5.02. The van der Waals surface area contributed by atoms with Gasteiger partial charge in [0.15, 0.2) is 0 Å². The van der Waals surface area contributed by atoms with E-state index in [2.05, 4.69) is 43.1 Å². The molecule has 1 aliphatic rings. The number of hydrogen-bond acceptors (Lipinski definition) is 5. The number of benzene rings is 1. The molecule has 0 bridgehead atoms. The summed E-state index contributed by atoms with van der Waals surface area (Å²) in [5, 5.41) is 4.08. The molecule has 0 spiro atoms. The first-order valence-electron chi connectivity index (χ1n) is 7.60. The van der Waals surface area contributed by atoms with Crippen LogP contribution >= 0.6 is 0 Å². The number of imidazole rings is 1. The molecule has 6 heteroatoms. The van der Waals surface area contributed by atoms with Gasteiger partial charge >= 0.3 is 0 Å². The van der Waals surface area contributed by atoms with E-state index < -0.39 is 0 Å². The zero-order chi connectivity index (χ0) is 14.9. The number of H-pyrrole nitrogens is 1. The fourth-order valence-electron chi connectivity index (χ4n) is 3.03. The molecule has 114 valence electrons. The lowest BCUT2D eigenvalue weighted by Gasteiger charge is -2.35. The molecule has 1 aromatic carbocycles. The Morgan fingerprint density at radius 3 is 2.86 bits per heavy atom. The monoisotopic (exact) mass is 297 g/mol. The number of hydrogen-bond donors (Lipinski definition) is 1. The Kier molecular flexibility index (Phi) is 3.31. The van der Waals surface area contributed by atoms with Crippen LogP contribution in [0.15, 0.2) is 35.3 Å². The van der Waals surface area contributed by atoms with Crippen molar-refractivity contribution < 1.29 is 4.52 Å². The van der Waals surface area contributed by atoms with Gasteiger partial charge in [0.2, 0.25) is 0 Å². The van der Waals surface area contributed by atoms with Crippen LogP contribution in [0.5, 0.6) is 0 Å². The summed E-state index contributed by atoms with van der Waals surface area (Å²) in [7, 11) is 0. The summed E-state index contributed by atoms with van der Waals surface area (Å²) in [5.74, 6) is 0. The maximum atomic E-state index is 5.02. The van der Waals surface area contributed by atoms with Crippen molar-refractivity contribution in [2.45, 2.75) is 13.5 Å². The van der Waals surface area contributed by atoms with Crippen LogP contribution in [-0.2, 0) is 6.54 Å². The van der Waals surface area contributed by atoms with Crippen LogP contribution in [0, 0.1) is 6.92 Å². The van der Waals surface area contributed by atoms with Crippen molar-refractivity contribution >= 4 is 16.7 Å². The van der Waals surface area contributed by atoms with Gasteiger partial charge in [0.25, 0.3) is 0 Å². The second-order valence-corrected chi connectivity index (χ2v) is 5.78. The predicted molar refractivity (Wildman–Crippen MR) is 84.8 cm³/mol. The third kappa shape index (κ3) is 2.35. The van der Waals surface area contributed by atoms with Crippen molar-refractivity contribution in [3.8, 4) is 0 Å². The Morgan fingerprint density at radius 2 is 2.09 bits per heavy atom. The Bertz CT molecular complexity index is 770. The molecule has 3 aromatic rings. The lowest BCUT2D eigenvalue weighted by Crippen LogP contribution is -2.46. The Balaban J connectivity index is 1.46. The van der Waals surface area contributed by atoms with Gasteiger partial charge in [-0.1, -0.05) is 11.2 Å². The van der Waals surface area contributed by atoms with Crippen LogP contribution in [0.2, 0.25) is 0 Å². The predicted octanol–water partition coefficient (Wildman–Crippen LogP) is 2.18. The molecule has 1 saturated heterocycles. The van der Waals surface area contributed by atoms with E-state index in [0.717, 1.165) is 55.0 Å². The van der Waals surface area contributed by atoms with E-state index in [9.17, 15) is 0 Å². The summed E-state index contributed by atoms with van der Waals surface area (Å²) in [6.07, 6.45) is 3.47. The van der Waals surface area contributed by atoms with Gasteiger partial charge in [-0.05, 0) is 19.1 Å². The molecule has 4 rings (SSSR count). The molecular weight excluding hydrogens is 278 g/mol. The molecule has 0 aliphatic carbocycles. The van der Waals surface area contributed by atoms with Crippen LogP contribution in [0.25, 0.3) is 11.0 Å². The lowest BCUT2D eigenvalue weighted by molar-refractivity contribution is 0.242. The third-order valence-electron chi connectivity index (χ3n) is 4.36. The maximum Gasteiger partial charge on any atom is 0.127 e. The fraction of sp³-hybridized carbons (Fsp3) is 0.375. The van der Waals surface area contributed by atoms with Crippen molar-refractivity contribution in [3.63, 3.8) is 0 Å². The van der Waals surface area contributed by atoms with E-state index in [1.165, 1.54) is 5.69 Å². The minimum absolute atomic E-state index is 0.864. The molecule has 2 aromatic heterocycles. The molecule has 0 radical (unpaired) electrons. The third-order valence-corrected chi connectivity index (χ3v) is 4.36. The van der Waals surface area contributed by atoms with Crippen LogP contribution < -0.4 is 4.90 Å². The topological polar surface area (TPSA) is 61.2 Å². The van der Waals surface area contributed by atoms with E-state index in [0.29, 0.717) is 0 Å². The lowest BCUT2D eigenvalue weighted by atomic mass is 10.2. The minimum Gasteiger partial charge on any atom is -0.367 e. The number of piperazine rings is 1. The highest BCUT2D eigenvalue weighted by Crippen LogP contribution is 2.25. The molecule has 0 unspecified atom stereocenters. The van der Waals surface area contributed by atoms with Crippen molar-refractivity contribution in [1.82, 2.24) is 20.0 Å². The Hall–Kier alpha value is -2.34. The van der Waals surface area contributed by atoms with Gasteiger partial charge in [-0.2, -0.15) is 0 Å². The van der Waals surface area contributed by atoms with Crippen molar-refractivity contribution in [2.24, 2.45) is 0 Å². The number of nitrogens with zero attached hydrogens (tertiary/aromatic N) is 4. The Labute approximate surface area is 128 Å². The first-order valence-corrected chi connectivity index (χ1v) is 7.60. The van der Waals surface area contributed by atoms with Crippen LogP contribution in [0.4, 0.5) is 5.69 Å². The number of aromatic amines is 1. The van der Waals surface area contributed by atoms with Gasteiger partial charge in [-0.15, -0.1) is 0 Å². The van der Waals surface area contributed by atoms with E-state index in [1.807, 2.05) is 6.92 Å². The summed E-state index contributed by atoms with van der Waals surface area (Å²) >= 11 is 0. The molecule has 1 fully saturated rings. The molecule has 0 atom stereocenters. The number of rotatable bonds is 3. The summed E-state index contributed by atoms with van der Waals surface area (Å²) in [4.78, 5) is 12.5. The average molecular weight is 297 g/mol. The molecular formula is C16H19N5O. The highest BCUT2D eigenvalue weighted by Gasteiger charge is 2.20. The van der Waals surface area contributed by atoms with Crippen molar-refractivity contribution in [3.05, 3.63) is 42.0 Å². The van der Waals surface area contributed by atoms with E-state index in [1.54, 1.807) is 12.6 Å². The van der Waals surface area contributed by atoms with Crippen molar-refractivity contribution in [1.29, 1.82) is 0 Å². The maximum absolute atomic E-state index is 5.02. The minimum atomic E-state index is 0.864. The Morgan fingerprint density at radius 1 is 1.23 bits per heavy atom. The number of fused-ring (bicyclic) bond motifs is 1. The van der Waals surface area contributed by atoms with E-state index >= 15 is 0 Å². The SMILES string of the molecule is Cc1conc1CN1CCN(c2cccc3[nH]cnc23)CC1. The average Bonchev–Trinajstić information content (AvgIpc) is 3.17. The smallest absolute Gasteiger partial charge is 0.127 e. The molecule has 0 amide bonds. The van der Waals surface area contributed by atoms with Gasteiger partial charge in [0, 0.05) is 38.3 Å². The molecule has 1 N–H and O–H groups in total. The van der Waals surface area contributed by atoms with Crippen LogP contribution in [0.1, 0.15) is 11.3 Å². The number of aryl methyl sites for hydroxylation is 1. The first-order chi connectivity index (χ1) is 10.8. The largest absolute Gasteiger partial charge is 0.367 e. The summed E-state index contributed by atoms with van der Waals surface area (Å²) in [6.45, 7) is 6.95. The van der Waals surface area contributed by atoms with E-state index in [4.69, 9.17) is 4.52 Å². The zero-order valence-corrected chi connectivity index (χ0v) is 12.6.